The number of fused-ring (bicyclic) bond motifs is 1. The highest BCUT2D eigenvalue weighted by atomic mass is 32.1. The first-order valence-corrected chi connectivity index (χ1v) is 9.03. The molecule has 0 saturated heterocycles. The number of hydrogen-bond acceptors (Lipinski definition) is 4. The van der Waals surface area contributed by atoms with Crippen molar-refractivity contribution in [1.29, 1.82) is 0 Å². The molecule has 4 heteroatoms. The Morgan fingerprint density at radius 2 is 1.78 bits per heavy atom. The lowest BCUT2D eigenvalue weighted by atomic mass is 9.99. The van der Waals surface area contributed by atoms with Gasteiger partial charge in [-0.1, -0.05) is 48.9 Å². The van der Waals surface area contributed by atoms with Crippen molar-refractivity contribution < 1.29 is 0 Å². The molecule has 1 heterocycles. The van der Waals surface area contributed by atoms with Crippen molar-refractivity contribution in [2.45, 2.75) is 32.1 Å². The smallest absolute Gasteiger partial charge is 0.203 e. The van der Waals surface area contributed by atoms with E-state index in [0.717, 1.165) is 23.7 Å². The summed E-state index contributed by atoms with van der Waals surface area (Å²) in [6, 6.07) is 14.8. The van der Waals surface area contributed by atoms with E-state index in [4.69, 9.17) is 4.98 Å². The molecule has 1 N–H and O–H groups in total. The fourth-order valence-corrected chi connectivity index (χ4v) is 3.75. The molecule has 0 spiro atoms. The molecule has 2 aromatic carbocycles. The monoisotopic (exact) mass is 321 g/mol. The minimum Gasteiger partial charge on any atom is -0.253 e. The molecule has 1 aliphatic carbocycles. The molecule has 3 aromatic rings. The third kappa shape index (κ3) is 3.13. The molecule has 1 aliphatic rings. The van der Waals surface area contributed by atoms with Gasteiger partial charge in [0.25, 0.3) is 0 Å². The van der Waals surface area contributed by atoms with Crippen molar-refractivity contribution in [2.75, 3.05) is 5.43 Å². The van der Waals surface area contributed by atoms with Crippen LogP contribution in [-0.2, 0) is 0 Å². The summed E-state index contributed by atoms with van der Waals surface area (Å²) in [5.74, 6) is 0. The van der Waals surface area contributed by atoms with Crippen LogP contribution in [0.15, 0.2) is 52.9 Å². The van der Waals surface area contributed by atoms with E-state index in [0.29, 0.717) is 0 Å². The number of rotatable bonds is 3. The molecule has 116 valence electrons. The van der Waals surface area contributed by atoms with E-state index >= 15 is 0 Å². The lowest BCUT2D eigenvalue weighted by Gasteiger charge is -2.11. The van der Waals surface area contributed by atoms with Crippen LogP contribution in [0.4, 0.5) is 5.13 Å². The Morgan fingerprint density at radius 1 is 0.957 bits per heavy atom. The molecule has 0 amide bonds. The summed E-state index contributed by atoms with van der Waals surface area (Å²) < 4.78 is 0. The number of thiazole rings is 1. The number of nitrogens with zero attached hydrogens (tertiary/aromatic N) is 2. The lowest BCUT2D eigenvalue weighted by Crippen LogP contribution is -2.07. The van der Waals surface area contributed by atoms with Crippen molar-refractivity contribution in [2.24, 2.45) is 5.10 Å². The van der Waals surface area contributed by atoms with Crippen LogP contribution in [0.3, 0.4) is 0 Å². The largest absolute Gasteiger partial charge is 0.253 e. The molecule has 4 rings (SSSR count). The second-order valence-corrected chi connectivity index (χ2v) is 6.77. The van der Waals surface area contributed by atoms with Crippen LogP contribution < -0.4 is 5.43 Å². The fourth-order valence-electron chi connectivity index (χ4n) is 3.10. The van der Waals surface area contributed by atoms with E-state index < -0.39 is 0 Å². The number of hydrogen-bond donors (Lipinski definition) is 1. The molecule has 1 fully saturated rings. The first-order chi connectivity index (χ1) is 11.4. The normalized spacial score (nSPS) is 14.9. The number of anilines is 1. The number of aromatic nitrogens is 1. The van der Waals surface area contributed by atoms with Gasteiger partial charge in [0.2, 0.25) is 5.13 Å². The number of nitrogens with one attached hydrogen (secondary N) is 1. The summed E-state index contributed by atoms with van der Waals surface area (Å²) in [7, 11) is 0. The molecular weight excluding hydrogens is 302 g/mol. The van der Waals surface area contributed by atoms with Gasteiger partial charge in [-0.25, -0.2) is 4.98 Å². The Morgan fingerprint density at radius 3 is 2.70 bits per heavy atom. The standard InChI is InChI=1S/C19H19N3S/c1-2-9-15(10-3-1)21-22-19-20-18(13-23-19)17-12-6-8-14-7-4-5-11-16(14)17/h4-8,11-13H,1-3,9-10H2,(H,20,22). The van der Waals surface area contributed by atoms with E-state index in [1.807, 2.05) is 0 Å². The second-order valence-electron chi connectivity index (χ2n) is 5.92. The maximum Gasteiger partial charge on any atom is 0.203 e. The molecular formula is C19H19N3S. The molecule has 3 nitrogen and oxygen atoms in total. The minimum absolute atomic E-state index is 0.867. The average Bonchev–Trinajstić information content (AvgIpc) is 3.09. The Kier molecular flexibility index (Phi) is 4.07. The lowest BCUT2D eigenvalue weighted by molar-refractivity contribution is 0.665. The quantitative estimate of drug-likeness (QED) is 0.629. The Bertz CT molecular complexity index is 837. The zero-order valence-electron chi connectivity index (χ0n) is 13.0. The van der Waals surface area contributed by atoms with E-state index in [1.165, 1.54) is 41.3 Å². The van der Waals surface area contributed by atoms with Gasteiger partial charge in [0, 0.05) is 16.7 Å². The van der Waals surface area contributed by atoms with Gasteiger partial charge < -0.3 is 0 Å². The molecule has 1 saturated carbocycles. The molecule has 0 bridgehead atoms. The maximum absolute atomic E-state index is 4.72. The third-order valence-electron chi connectivity index (χ3n) is 4.31. The highest BCUT2D eigenvalue weighted by Gasteiger charge is 2.09. The molecule has 0 aliphatic heterocycles. The van der Waals surface area contributed by atoms with Crippen LogP contribution in [0.2, 0.25) is 0 Å². The van der Waals surface area contributed by atoms with Gasteiger partial charge in [-0.15, -0.1) is 11.3 Å². The van der Waals surface area contributed by atoms with Gasteiger partial charge in [0.05, 0.1) is 5.69 Å². The van der Waals surface area contributed by atoms with Gasteiger partial charge >= 0.3 is 0 Å². The molecule has 0 radical (unpaired) electrons. The summed E-state index contributed by atoms with van der Waals surface area (Å²) in [4.78, 5) is 4.72. The van der Waals surface area contributed by atoms with Crippen molar-refractivity contribution in [3.05, 3.63) is 47.8 Å². The third-order valence-corrected chi connectivity index (χ3v) is 5.06. The van der Waals surface area contributed by atoms with Crippen LogP contribution in [0, 0.1) is 0 Å². The van der Waals surface area contributed by atoms with Crippen molar-refractivity contribution in [3.8, 4) is 11.3 Å². The molecule has 0 atom stereocenters. The fraction of sp³-hybridized carbons (Fsp3) is 0.263. The SMILES string of the molecule is c1ccc2c(-c3csc(NN=C4CCCCC4)n3)cccc2c1. The number of hydrazone groups is 1. The first kappa shape index (κ1) is 14.4. The summed E-state index contributed by atoms with van der Waals surface area (Å²) in [6.45, 7) is 0. The highest BCUT2D eigenvalue weighted by Crippen LogP contribution is 2.31. The predicted molar refractivity (Wildman–Crippen MR) is 99.2 cm³/mol. The average molecular weight is 321 g/mol. The van der Waals surface area contributed by atoms with E-state index in [2.05, 4.69) is 58.4 Å². The minimum atomic E-state index is 0.867. The van der Waals surface area contributed by atoms with E-state index in [1.54, 1.807) is 11.3 Å². The van der Waals surface area contributed by atoms with Crippen LogP contribution >= 0.6 is 11.3 Å². The van der Waals surface area contributed by atoms with Gasteiger partial charge in [-0.05, 0) is 36.5 Å². The van der Waals surface area contributed by atoms with Gasteiger partial charge in [-0.3, -0.25) is 5.43 Å². The zero-order chi connectivity index (χ0) is 15.5. The van der Waals surface area contributed by atoms with Gasteiger partial charge in [-0.2, -0.15) is 5.10 Å². The highest BCUT2D eigenvalue weighted by molar-refractivity contribution is 7.14. The van der Waals surface area contributed by atoms with Gasteiger partial charge in [0.15, 0.2) is 0 Å². The van der Waals surface area contributed by atoms with Crippen LogP contribution in [0.25, 0.3) is 22.0 Å². The molecule has 23 heavy (non-hydrogen) atoms. The summed E-state index contributed by atoms with van der Waals surface area (Å²) in [5.41, 5.74) is 6.61. The summed E-state index contributed by atoms with van der Waals surface area (Å²) in [5, 5.41) is 9.99. The zero-order valence-corrected chi connectivity index (χ0v) is 13.8. The predicted octanol–water partition coefficient (Wildman–Crippen LogP) is 5.70. The molecule has 0 unspecified atom stereocenters. The van der Waals surface area contributed by atoms with Gasteiger partial charge in [0.1, 0.15) is 0 Å². The second kappa shape index (κ2) is 6.50. The van der Waals surface area contributed by atoms with Crippen LogP contribution in [0.5, 0.6) is 0 Å². The van der Waals surface area contributed by atoms with Crippen molar-refractivity contribution in [1.82, 2.24) is 4.98 Å². The summed E-state index contributed by atoms with van der Waals surface area (Å²) in [6.07, 6.45) is 6.10. The number of benzene rings is 2. The summed E-state index contributed by atoms with van der Waals surface area (Å²) >= 11 is 1.61. The van der Waals surface area contributed by atoms with Crippen molar-refractivity contribution >= 4 is 33.0 Å². The Labute approximate surface area is 140 Å². The van der Waals surface area contributed by atoms with Crippen molar-refractivity contribution in [3.63, 3.8) is 0 Å². The van der Waals surface area contributed by atoms with E-state index in [-0.39, 0.29) is 0 Å². The molecule has 1 aromatic heterocycles. The van der Waals surface area contributed by atoms with E-state index in [9.17, 15) is 0 Å². The first-order valence-electron chi connectivity index (χ1n) is 8.15. The maximum atomic E-state index is 4.72. The van der Waals surface area contributed by atoms with Crippen LogP contribution in [-0.4, -0.2) is 10.7 Å². The van der Waals surface area contributed by atoms with Crippen LogP contribution in [0.1, 0.15) is 32.1 Å². The topological polar surface area (TPSA) is 37.3 Å². The Hall–Kier alpha value is -2.20. The Balaban J connectivity index is 1.59.